The number of nitrogens with one attached hydrogen (secondary N) is 1. The van der Waals surface area contributed by atoms with Crippen molar-refractivity contribution in [2.75, 3.05) is 25.6 Å². The van der Waals surface area contributed by atoms with Gasteiger partial charge in [0, 0.05) is 24.9 Å². The van der Waals surface area contributed by atoms with Gasteiger partial charge in [0.05, 0.1) is 12.7 Å². The highest BCUT2D eigenvalue weighted by Gasteiger charge is 2.34. The zero-order valence-corrected chi connectivity index (χ0v) is 10.6. The molecule has 0 amide bonds. The molecule has 1 aliphatic rings. The largest absolute Gasteiger partial charge is 0.497 e. The van der Waals surface area contributed by atoms with Crippen LogP contribution in [0.15, 0.2) is 18.2 Å². The summed E-state index contributed by atoms with van der Waals surface area (Å²) in [5.74, 6) is 0.199. The average molecular weight is 275 g/mol. The third-order valence-corrected chi connectivity index (χ3v) is 3.11. The summed E-state index contributed by atoms with van der Waals surface area (Å²) >= 11 is 0. The number of alkyl halides is 3. The molecule has 0 bridgehead atoms. The Hall–Kier alpha value is -1.43. The monoisotopic (exact) mass is 275 g/mol. The summed E-state index contributed by atoms with van der Waals surface area (Å²) in [6.07, 6.45) is -2.98. The summed E-state index contributed by atoms with van der Waals surface area (Å²) < 4.78 is 49.0. The maximum atomic E-state index is 13.0. The first kappa shape index (κ1) is 14.0. The van der Waals surface area contributed by atoms with E-state index in [9.17, 15) is 13.2 Å². The van der Waals surface area contributed by atoms with Gasteiger partial charge in [0.15, 0.2) is 0 Å². The molecule has 19 heavy (non-hydrogen) atoms. The lowest BCUT2D eigenvalue weighted by Crippen LogP contribution is -2.28. The Kier molecular flexibility index (Phi) is 4.19. The Bertz CT molecular complexity index is 428. The number of hydrogen-bond donors (Lipinski definition) is 1. The van der Waals surface area contributed by atoms with Crippen LogP contribution in [0.1, 0.15) is 18.4 Å². The van der Waals surface area contributed by atoms with E-state index >= 15 is 0 Å². The average Bonchev–Trinajstić information content (AvgIpc) is 2.39. The van der Waals surface area contributed by atoms with E-state index in [2.05, 4.69) is 5.32 Å². The molecular formula is C13H16F3NO2. The molecule has 0 aliphatic carbocycles. The van der Waals surface area contributed by atoms with Gasteiger partial charge in [0.1, 0.15) is 5.75 Å². The first-order valence-electron chi connectivity index (χ1n) is 6.10. The molecule has 0 saturated carbocycles. The number of hydrogen-bond acceptors (Lipinski definition) is 3. The second-order valence-corrected chi connectivity index (χ2v) is 4.44. The van der Waals surface area contributed by atoms with Crippen LogP contribution in [0.25, 0.3) is 0 Å². The highest BCUT2D eigenvalue weighted by atomic mass is 19.4. The molecule has 0 spiro atoms. The zero-order valence-electron chi connectivity index (χ0n) is 10.6. The number of rotatable bonds is 3. The topological polar surface area (TPSA) is 30.5 Å². The number of halogens is 3. The molecule has 3 nitrogen and oxygen atoms in total. The van der Waals surface area contributed by atoms with E-state index in [1.807, 2.05) is 0 Å². The van der Waals surface area contributed by atoms with Gasteiger partial charge in [0.25, 0.3) is 0 Å². The minimum atomic E-state index is -4.40. The Labute approximate surface area is 109 Å². The normalized spacial score (nSPS) is 17.3. The first-order chi connectivity index (χ1) is 9.00. The lowest BCUT2D eigenvalue weighted by atomic mass is 10.1. The fourth-order valence-corrected chi connectivity index (χ4v) is 2.07. The van der Waals surface area contributed by atoms with Crippen LogP contribution in [0, 0.1) is 0 Å². The summed E-state index contributed by atoms with van der Waals surface area (Å²) in [4.78, 5) is 0. The molecule has 6 heteroatoms. The van der Waals surface area contributed by atoms with E-state index in [1.165, 1.54) is 19.2 Å². The standard InChI is InChI=1S/C13H16F3NO2/c1-18-10-2-3-12(11(8-10)13(14,15)16)17-9-4-6-19-7-5-9/h2-3,8-9,17H,4-7H2,1H3. The summed E-state index contributed by atoms with van der Waals surface area (Å²) in [5.41, 5.74) is -0.599. The Balaban J connectivity index is 2.23. The maximum Gasteiger partial charge on any atom is 0.418 e. The van der Waals surface area contributed by atoms with Crippen molar-refractivity contribution < 1.29 is 22.6 Å². The van der Waals surface area contributed by atoms with E-state index < -0.39 is 11.7 Å². The Morgan fingerprint density at radius 3 is 2.53 bits per heavy atom. The molecule has 0 radical (unpaired) electrons. The van der Waals surface area contributed by atoms with Crippen molar-refractivity contribution in [1.29, 1.82) is 0 Å². The third kappa shape index (κ3) is 3.53. The predicted octanol–water partition coefficient (Wildman–Crippen LogP) is 3.30. The second-order valence-electron chi connectivity index (χ2n) is 4.44. The van der Waals surface area contributed by atoms with Gasteiger partial charge < -0.3 is 14.8 Å². The highest BCUT2D eigenvalue weighted by molar-refractivity contribution is 5.56. The molecule has 1 fully saturated rings. The van der Waals surface area contributed by atoms with Crippen LogP contribution in [0.3, 0.4) is 0 Å². The summed E-state index contributed by atoms with van der Waals surface area (Å²) in [7, 11) is 1.35. The van der Waals surface area contributed by atoms with E-state index in [0.29, 0.717) is 26.1 Å². The van der Waals surface area contributed by atoms with Gasteiger partial charge in [-0.2, -0.15) is 13.2 Å². The first-order valence-corrected chi connectivity index (χ1v) is 6.10. The minimum Gasteiger partial charge on any atom is -0.497 e. The van der Waals surface area contributed by atoms with Crippen LogP contribution in [0.4, 0.5) is 18.9 Å². The van der Waals surface area contributed by atoms with Crippen molar-refractivity contribution in [1.82, 2.24) is 0 Å². The quantitative estimate of drug-likeness (QED) is 0.918. The van der Waals surface area contributed by atoms with Crippen molar-refractivity contribution >= 4 is 5.69 Å². The predicted molar refractivity (Wildman–Crippen MR) is 65.5 cm³/mol. The van der Waals surface area contributed by atoms with E-state index in [4.69, 9.17) is 9.47 Å². The maximum absolute atomic E-state index is 13.0. The summed E-state index contributed by atoms with van der Waals surface area (Å²) in [5, 5.41) is 2.95. The Morgan fingerprint density at radius 1 is 1.26 bits per heavy atom. The molecule has 2 rings (SSSR count). The van der Waals surface area contributed by atoms with E-state index in [0.717, 1.165) is 6.07 Å². The van der Waals surface area contributed by atoms with Crippen LogP contribution >= 0.6 is 0 Å². The molecule has 1 aliphatic heterocycles. The smallest absolute Gasteiger partial charge is 0.418 e. The number of methoxy groups -OCH3 is 1. The number of anilines is 1. The van der Waals surface area contributed by atoms with Crippen molar-refractivity contribution in [3.05, 3.63) is 23.8 Å². The van der Waals surface area contributed by atoms with Crippen molar-refractivity contribution in [2.45, 2.75) is 25.1 Å². The van der Waals surface area contributed by atoms with Gasteiger partial charge in [0.2, 0.25) is 0 Å². The van der Waals surface area contributed by atoms with Crippen LogP contribution in [-0.2, 0) is 10.9 Å². The van der Waals surface area contributed by atoms with Crippen LogP contribution in [0.5, 0.6) is 5.75 Å². The molecule has 106 valence electrons. The number of benzene rings is 1. The summed E-state index contributed by atoms with van der Waals surface area (Å²) in [6, 6.07) is 3.97. The van der Waals surface area contributed by atoms with Gasteiger partial charge in [-0.25, -0.2) is 0 Å². The third-order valence-electron chi connectivity index (χ3n) is 3.11. The SMILES string of the molecule is COc1ccc(NC2CCOCC2)c(C(F)(F)F)c1. The zero-order chi connectivity index (χ0) is 13.9. The van der Waals surface area contributed by atoms with Gasteiger partial charge in [-0.05, 0) is 31.0 Å². The van der Waals surface area contributed by atoms with Gasteiger partial charge >= 0.3 is 6.18 Å². The van der Waals surface area contributed by atoms with Gasteiger partial charge in [-0.1, -0.05) is 0 Å². The minimum absolute atomic E-state index is 0.0169. The molecule has 1 aromatic rings. The molecule has 1 saturated heterocycles. The highest BCUT2D eigenvalue weighted by Crippen LogP contribution is 2.37. The fraction of sp³-hybridized carbons (Fsp3) is 0.538. The molecular weight excluding hydrogens is 259 g/mol. The number of ether oxygens (including phenoxy) is 2. The van der Waals surface area contributed by atoms with E-state index in [-0.39, 0.29) is 17.5 Å². The van der Waals surface area contributed by atoms with Crippen molar-refractivity contribution in [3.63, 3.8) is 0 Å². The molecule has 1 N–H and O–H groups in total. The summed E-state index contributed by atoms with van der Waals surface area (Å²) in [6.45, 7) is 1.16. The van der Waals surface area contributed by atoms with Gasteiger partial charge in [-0.3, -0.25) is 0 Å². The van der Waals surface area contributed by atoms with Crippen LogP contribution in [-0.4, -0.2) is 26.4 Å². The van der Waals surface area contributed by atoms with Crippen molar-refractivity contribution in [2.24, 2.45) is 0 Å². The van der Waals surface area contributed by atoms with Gasteiger partial charge in [-0.15, -0.1) is 0 Å². The second kappa shape index (κ2) is 5.69. The Morgan fingerprint density at radius 2 is 1.95 bits per heavy atom. The lowest BCUT2D eigenvalue weighted by molar-refractivity contribution is -0.137. The molecule has 0 unspecified atom stereocenters. The lowest BCUT2D eigenvalue weighted by Gasteiger charge is -2.26. The van der Waals surface area contributed by atoms with Crippen molar-refractivity contribution in [3.8, 4) is 5.75 Å². The van der Waals surface area contributed by atoms with Crippen LogP contribution in [0.2, 0.25) is 0 Å². The molecule has 0 aromatic heterocycles. The molecule has 1 heterocycles. The fourth-order valence-electron chi connectivity index (χ4n) is 2.07. The van der Waals surface area contributed by atoms with E-state index in [1.54, 1.807) is 0 Å². The molecule has 1 aromatic carbocycles. The molecule has 0 atom stereocenters. The van der Waals surface area contributed by atoms with Crippen LogP contribution < -0.4 is 10.1 Å².